The van der Waals surface area contributed by atoms with Gasteiger partial charge in [-0.25, -0.2) is 13.4 Å². The Bertz CT molecular complexity index is 1370. The standard InChI is InChI=1S/C21H13F6N3O2S/c1-30-17(11-14(12-28)33(31,32)13-7-3-2-4-8-13)29-18(19(30)21(25,26)27)15-9-5-6-10-16(15)20(22,23)24/h2-11H,1H3/b14-11+. The van der Waals surface area contributed by atoms with Gasteiger partial charge in [-0.05, 0) is 18.2 Å². The van der Waals surface area contributed by atoms with Crippen LogP contribution in [0.5, 0.6) is 0 Å². The number of alkyl halides is 6. The SMILES string of the molecule is Cn1c(/C=C(\C#N)S(=O)(=O)c2ccccc2)nc(-c2ccccc2C(F)(F)F)c1C(F)(F)F. The first-order valence-corrected chi connectivity index (χ1v) is 10.5. The first-order chi connectivity index (χ1) is 15.3. The highest BCUT2D eigenvalue weighted by Gasteiger charge is 2.42. The fourth-order valence-electron chi connectivity index (χ4n) is 3.11. The zero-order chi connectivity index (χ0) is 24.6. The molecule has 3 rings (SSSR count). The lowest BCUT2D eigenvalue weighted by Crippen LogP contribution is -2.14. The van der Waals surface area contributed by atoms with Crippen LogP contribution in [0.1, 0.15) is 17.1 Å². The largest absolute Gasteiger partial charge is 0.433 e. The van der Waals surface area contributed by atoms with E-state index in [2.05, 4.69) is 4.98 Å². The van der Waals surface area contributed by atoms with Gasteiger partial charge in [0.05, 0.1) is 10.5 Å². The Morgan fingerprint density at radius 3 is 2.09 bits per heavy atom. The van der Waals surface area contributed by atoms with Gasteiger partial charge < -0.3 is 4.57 Å². The minimum atomic E-state index is -5.13. The third kappa shape index (κ3) is 4.63. The third-order valence-electron chi connectivity index (χ3n) is 4.60. The minimum absolute atomic E-state index is 0.286. The van der Waals surface area contributed by atoms with Crippen molar-refractivity contribution in [1.82, 2.24) is 9.55 Å². The number of nitrogens with zero attached hydrogens (tertiary/aromatic N) is 3. The number of allylic oxidation sites excluding steroid dienone is 1. The van der Waals surface area contributed by atoms with E-state index < -0.39 is 55.4 Å². The summed E-state index contributed by atoms with van der Waals surface area (Å²) >= 11 is 0. The Balaban J connectivity index is 2.30. The Labute approximate surface area is 184 Å². The fourth-order valence-corrected chi connectivity index (χ4v) is 4.26. The molecule has 0 unspecified atom stereocenters. The molecule has 0 aliphatic heterocycles. The summed E-state index contributed by atoms with van der Waals surface area (Å²) in [6.07, 6.45) is -9.51. The van der Waals surface area contributed by atoms with Crippen LogP contribution in [-0.2, 0) is 29.2 Å². The second-order valence-corrected chi connectivity index (χ2v) is 8.62. The number of benzene rings is 2. The second kappa shape index (κ2) is 8.40. The second-order valence-electron chi connectivity index (χ2n) is 6.70. The molecule has 1 aromatic heterocycles. The monoisotopic (exact) mass is 485 g/mol. The summed E-state index contributed by atoms with van der Waals surface area (Å²) in [5, 5.41) is 9.37. The van der Waals surface area contributed by atoms with Gasteiger partial charge in [0.1, 0.15) is 17.6 Å². The number of rotatable bonds is 4. The predicted octanol–water partition coefficient (Wildman–Crippen LogP) is 5.46. The summed E-state index contributed by atoms with van der Waals surface area (Å²) in [5.41, 5.74) is -4.75. The van der Waals surface area contributed by atoms with Gasteiger partial charge in [-0.3, -0.25) is 0 Å². The Morgan fingerprint density at radius 2 is 1.55 bits per heavy atom. The van der Waals surface area contributed by atoms with E-state index in [1.165, 1.54) is 36.4 Å². The number of imidazole rings is 1. The van der Waals surface area contributed by atoms with Gasteiger partial charge in [0.15, 0.2) is 10.6 Å². The van der Waals surface area contributed by atoms with E-state index in [0.29, 0.717) is 16.7 Å². The summed E-state index contributed by atoms with van der Waals surface area (Å²) in [6.45, 7) is 0. The van der Waals surface area contributed by atoms with Crippen molar-refractivity contribution < 1.29 is 34.8 Å². The summed E-state index contributed by atoms with van der Waals surface area (Å²) < 4.78 is 108. The molecule has 0 fully saturated rings. The molecule has 0 atom stereocenters. The zero-order valence-corrected chi connectivity index (χ0v) is 17.4. The smallest absolute Gasteiger partial charge is 0.323 e. The van der Waals surface area contributed by atoms with Crippen molar-refractivity contribution in [1.29, 1.82) is 5.26 Å². The molecule has 0 saturated carbocycles. The van der Waals surface area contributed by atoms with Crippen molar-refractivity contribution in [3.63, 3.8) is 0 Å². The van der Waals surface area contributed by atoms with E-state index in [1.807, 2.05) is 0 Å². The minimum Gasteiger partial charge on any atom is -0.323 e. The molecule has 0 radical (unpaired) electrons. The van der Waals surface area contributed by atoms with Crippen LogP contribution in [-0.4, -0.2) is 18.0 Å². The van der Waals surface area contributed by atoms with Gasteiger partial charge in [-0.1, -0.05) is 36.4 Å². The van der Waals surface area contributed by atoms with Gasteiger partial charge in [0, 0.05) is 18.7 Å². The highest BCUT2D eigenvalue weighted by molar-refractivity contribution is 7.95. The zero-order valence-electron chi connectivity index (χ0n) is 16.6. The molecule has 0 amide bonds. The molecule has 2 aromatic carbocycles. The first kappa shape index (κ1) is 24.1. The summed E-state index contributed by atoms with van der Waals surface area (Å²) in [5.74, 6) is -0.662. The van der Waals surface area contributed by atoms with E-state index in [4.69, 9.17) is 0 Å². The van der Waals surface area contributed by atoms with Gasteiger partial charge >= 0.3 is 12.4 Å². The van der Waals surface area contributed by atoms with Crippen LogP contribution in [0.15, 0.2) is 64.4 Å². The molecule has 0 bridgehead atoms. The van der Waals surface area contributed by atoms with E-state index >= 15 is 0 Å². The molecule has 0 N–H and O–H groups in total. The normalized spacial score (nSPS) is 13.1. The average Bonchev–Trinajstić information content (AvgIpc) is 3.08. The van der Waals surface area contributed by atoms with Gasteiger partial charge in [0.2, 0.25) is 9.84 Å². The number of hydrogen-bond donors (Lipinski definition) is 0. The lowest BCUT2D eigenvalue weighted by atomic mass is 10.0. The van der Waals surface area contributed by atoms with Crippen LogP contribution >= 0.6 is 0 Å². The summed E-state index contributed by atoms with van der Waals surface area (Å²) in [4.78, 5) is 2.46. The number of sulfone groups is 1. The summed E-state index contributed by atoms with van der Waals surface area (Å²) in [7, 11) is -3.55. The van der Waals surface area contributed by atoms with Crippen molar-refractivity contribution in [3.8, 4) is 17.3 Å². The van der Waals surface area contributed by atoms with E-state index in [1.54, 1.807) is 0 Å². The van der Waals surface area contributed by atoms with Gasteiger partial charge in [-0.2, -0.15) is 31.6 Å². The molecule has 0 aliphatic rings. The molecule has 0 spiro atoms. The van der Waals surface area contributed by atoms with Crippen LogP contribution < -0.4 is 0 Å². The Kier molecular flexibility index (Phi) is 6.12. The summed E-state index contributed by atoms with van der Waals surface area (Å²) in [6, 6.07) is 11.7. The molecular formula is C21H13F6N3O2S. The average molecular weight is 485 g/mol. The van der Waals surface area contributed by atoms with Gasteiger partial charge in [0.25, 0.3) is 0 Å². The number of hydrogen-bond acceptors (Lipinski definition) is 4. The van der Waals surface area contributed by atoms with E-state index in [0.717, 1.165) is 25.2 Å². The van der Waals surface area contributed by atoms with Crippen molar-refractivity contribution in [2.45, 2.75) is 17.2 Å². The maximum Gasteiger partial charge on any atom is 0.433 e. The van der Waals surface area contributed by atoms with E-state index in [-0.39, 0.29) is 4.90 Å². The molecule has 33 heavy (non-hydrogen) atoms. The van der Waals surface area contributed by atoms with Crippen LogP contribution in [0.2, 0.25) is 0 Å². The highest BCUT2D eigenvalue weighted by atomic mass is 32.2. The maximum atomic E-state index is 13.8. The number of nitriles is 1. The lowest BCUT2D eigenvalue weighted by Gasteiger charge is -2.14. The molecule has 0 aliphatic carbocycles. The van der Waals surface area contributed by atoms with Crippen molar-refractivity contribution in [3.05, 3.63) is 76.6 Å². The highest BCUT2D eigenvalue weighted by Crippen LogP contribution is 2.42. The topological polar surface area (TPSA) is 75.8 Å². The van der Waals surface area contributed by atoms with Crippen LogP contribution in [0, 0.1) is 11.3 Å². The lowest BCUT2D eigenvalue weighted by molar-refractivity contribution is -0.143. The van der Waals surface area contributed by atoms with Crippen molar-refractivity contribution in [2.24, 2.45) is 7.05 Å². The predicted molar refractivity (Wildman–Crippen MR) is 106 cm³/mol. The Hall–Kier alpha value is -3.59. The molecule has 0 saturated heterocycles. The first-order valence-electron chi connectivity index (χ1n) is 9.01. The molecule has 172 valence electrons. The third-order valence-corrected chi connectivity index (χ3v) is 6.28. The van der Waals surface area contributed by atoms with Crippen LogP contribution in [0.25, 0.3) is 17.3 Å². The quantitative estimate of drug-likeness (QED) is 0.363. The van der Waals surface area contributed by atoms with E-state index in [9.17, 15) is 40.0 Å². The number of halogens is 6. The van der Waals surface area contributed by atoms with Crippen LogP contribution in [0.4, 0.5) is 26.3 Å². The molecule has 1 heterocycles. The molecule has 12 heteroatoms. The molecule has 3 aromatic rings. The number of aromatic nitrogens is 2. The van der Waals surface area contributed by atoms with Gasteiger partial charge in [-0.15, -0.1) is 0 Å². The van der Waals surface area contributed by atoms with Crippen molar-refractivity contribution in [2.75, 3.05) is 0 Å². The molecular weight excluding hydrogens is 472 g/mol. The van der Waals surface area contributed by atoms with Crippen LogP contribution in [0.3, 0.4) is 0 Å². The Morgan fingerprint density at radius 1 is 0.970 bits per heavy atom. The molecule has 5 nitrogen and oxygen atoms in total. The maximum absolute atomic E-state index is 13.8. The van der Waals surface area contributed by atoms with Crippen molar-refractivity contribution >= 4 is 15.9 Å². The fraction of sp³-hybridized carbons (Fsp3) is 0.143.